The average Bonchev–Trinajstić information content (AvgIpc) is 2.20. The third-order valence-electron chi connectivity index (χ3n) is 2.15. The summed E-state index contributed by atoms with van der Waals surface area (Å²) >= 11 is 1.56. The Morgan fingerprint density at radius 1 is 1.18 bits per heavy atom. The molecule has 0 aromatic carbocycles. The van der Waals surface area contributed by atoms with E-state index in [0.717, 1.165) is 0 Å². The van der Waals surface area contributed by atoms with E-state index >= 15 is 0 Å². The zero-order chi connectivity index (χ0) is 13.4. The SMILES string of the molecule is CC(=O)NCSCC(NC(C)C)C(=O)C(C)C. The highest BCUT2D eigenvalue weighted by molar-refractivity contribution is 7.99. The fraction of sp³-hybridized carbons (Fsp3) is 0.833. The van der Waals surface area contributed by atoms with Crippen LogP contribution in [0.2, 0.25) is 0 Å². The third-order valence-corrected chi connectivity index (χ3v) is 3.07. The molecular weight excluding hydrogens is 236 g/mol. The Bertz CT molecular complexity index is 255. The largest absolute Gasteiger partial charge is 0.347 e. The number of hydrogen-bond acceptors (Lipinski definition) is 4. The van der Waals surface area contributed by atoms with Crippen LogP contribution in [0.15, 0.2) is 0 Å². The van der Waals surface area contributed by atoms with E-state index < -0.39 is 0 Å². The minimum absolute atomic E-state index is 0.0348. The molecule has 0 heterocycles. The molecule has 0 aromatic heterocycles. The first-order valence-electron chi connectivity index (χ1n) is 5.96. The molecule has 5 heteroatoms. The van der Waals surface area contributed by atoms with Crippen LogP contribution < -0.4 is 10.6 Å². The van der Waals surface area contributed by atoms with Gasteiger partial charge in [0.15, 0.2) is 5.78 Å². The molecule has 100 valence electrons. The molecule has 0 aliphatic carbocycles. The fourth-order valence-corrected chi connectivity index (χ4v) is 2.27. The summed E-state index contributed by atoms with van der Waals surface area (Å²) in [6.45, 7) is 9.37. The van der Waals surface area contributed by atoms with Gasteiger partial charge in [0.2, 0.25) is 5.91 Å². The van der Waals surface area contributed by atoms with Gasteiger partial charge in [-0.25, -0.2) is 0 Å². The minimum atomic E-state index is -0.131. The Morgan fingerprint density at radius 3 is 2.18 bits per heavy atom. The third kappa shape index (κ3) is 8.21. The van der Waals surface area contributed by atoms with E-state index in [9.17, 15) is 9.59 Å². The maximum Gasteiger partial charge on any atom is 0.217 e. The monoisotopic (exact) mass is 260 g/mol. The van der Waals surface area contributed by atoms with Crippen molar-refractivity contribution in [3.8, 4) is 0 Å². The molecule has 1 unspecified atom stereocenters. The number of nitrogens with one attached hydrogen (secondary N) is 2. The van der Waals surface area contributed by atoms with Crippen LogP contribution in [0.3, 0.4) is 0 Å². The van der Waals surface area contributed by atoms with Crippen LogP contribution in [0.4, 0.5) is 0 Å². The number of carbonyl (C=O) groups excluding carboxylic acids is 2. The number of hydrogen-bond donors (Lipinski definition) is 2. The van der Waals surface area contributed by atoms with Crippen molar-refractivity contribution in [2.45, 2.75) is 46.7 Å². The Hall–Kier alpha value is -0.550. The highest BCUT2D eigenvalue weighted by Crippen LogP contribution is 2.08. The van der Waals surface area contributed by atoms with Crippen molar-refractivity contribution in [2.24, 2.45) is 5.92 Å². The van der Waals surface area contributed by atoms with Gasteiger partial charge in [-0.1, -0.05) is 27.7 Å². The molecule has 0 spiro atoms. The maximum absolute atomic E-state index is 11.9. The molecule has 0 aliphatic rings. The lowest BCUT2D eigenvalue weighted by atomic mass is 10.0. The van der Waals surface area contributed by atoms with Gasteiger partial charge in [0.1, 0.15) is 0 Å². The molecule has 1 atom stereocenters. The lowest BCUT2D eigenvalue weighted by Crippen LogP contribution is -2.44. The molecule has 4 nitrogen and oxygen atoms in total. The molecule has 0 fully saturated rings. The van der Waals surface area contributed by atoms with Crippen LogP contribution >= 0.6 is 11.8 Å². The normalized spacial score (nSPS) is 12.9. The number of Topliss-reactive ketones (excluding diaryl/α,β-unsaturated/α-hetero) is 1. The Labute approximate surface area is 108 Å². The number of rotatable bonds is 8. The first-order valence-corrected chi connectivity index (χ1v) is 7.12. The van der Waals surface area contributed by atoms with Crippen LogP contribution in [-0.2, 0) is 9.59 Å². The van der Waals surface area contributed by atoms with Crippen LogP contribution in [0.5, 0.6) is 0 Å². The van der Waals surface area contributed by atoms with Crippen LogP contribution in [-0.4, -0.2) is 35.4 Å². The van der Waals surface area contributed by atoms with E-state index in [2.05, 4.69) is 10.6 Å². The van der Waals surface area contributed by atoms with Crippen molar-refractivity contribution in [1.29, 1.82) is 0 Å². The van der Waals surface area contributed by atoms with Gasteiger partial charge in [-0.2, -0.15) is 0 Å². The molecule has 0 saturated heterocycles. The lowest BCUT2D eigenvalue weighted by Gasteiger charge is -2.21. The van der Waals surface area contributed by atoms with Crippen molar-refractivity contribution < 1.29 is 9.59 Å². The second-order valence-electron chi connectivity index (χ2n) is 4.68. The number of thioether (sulfide) groups is 1. The average molecular weight is 260 g/mol. The molecule has 2 N–H and O–H groups in total. The van der Waals surface area contributed by atoms with Crippen molar-refractivity contribution >= 4 is 23.5 Å². The predicted octanol–water partition coefficient (Wildman–Crippen LogP) is 1.40. The fourth-order valence-electron chi connectivity index (χ4n) is 1.35. The van der Waals surface area contributed by atoms with Gasteiger partial charge in [0.05, 0.1) is 11.9 Å². The van der Waals surface area contributed by atoms with E-state index in [1.807, 2.05) is 27.7 Å². The van der Waals surface area contributed by atoms with Gasteiger partial charge in [-0.15, -0.1) is 11.8 Å². The molecule has 0 bridgehead atoms. The van der Waals surface area contributed by atoms with E-state index in [0.29, 0.717) is 11.6 Å². The standard InChI is InChI=1S/C12H24N2O2S/c1-8(2)12(16)11(14-9(3)4)6-17-7-13-10(5)15/h8-9,11,14H,6-7H2,1-5H3,(H,13,15). The van der Waals surface area contributed by atoms with Gasteiger partial charge in [0, 0.05) is 24.6 Å². The van der Waals surface area contributed by atoms with Crippen molar-refractivity contribution in [3.63, 3.8) is 0 Å². The summed E-state index contributed by atoms with van der Waals surface area (Å²) in [5, 5.41) is 5.97. The van der Waals surface area contributed by atoms with E-state index in [1.165, 1.54) is 6.92 Å². The summed E-state index contributed by atoms with van der Waals surface area (Å²) in [7, 11) is 0. The second-order valence-corrected chi connectivity index (χ2v) is 5.71. The van der Waals surface area contributed by atoms with E-state index in [4.69, 9.17) is 0 Å². The lowest BCUT2D eigenvalue weighted by molar-refractivity contribution is -0.123. The maximum atomic E-state index is 11.9. The molecule has 0 rings (SSSR count). The number of carbonyl (C=O) groups is 2. The van der Waals surface area contributed by atoms with Crippen molar-refractivity contribution in [3.05, 3.63) is 0 Å². The van der Waals surface area contributed by atoms with Gasteiger partial charge >= 0.3 is 0 Å². The van der Waals surface area contributed by atoms with Gasteiger partial charge in [-0.3, -0.25) is 9.59 Å². The van der Waals surface area contributed by atoms with E-state index in [-0.39, 0.29) is 29.7 Å². The first kappa shape index (κ1) is 16.4. The summed E-state index contributed by atoms with van der Waals surface area (Å²) < 4.78 is 0. The van der Waals surface area contributed by atoms with Gasteiger partial charge in [-0.05, 0) is 0 Å². The predicted molar refractivity (Wildman–Crippen MR) is 73.0 cm³/mol. The first-order chi connectivity index (χ1) is 7.84. The summed E-state index contributed by atoms with van der Waals surface area (Å²) in [6, 6.07) is 0.151. The highest BCUT2D eigenvalue weighted by Gasteiger charge is 2.21. The molecule has 0 aliphatic heterocycles. The van der Waals surface area contributed by atoms with Crippen LogP contribution in [0.25, 0.3) is 0 Å². The summed E-state index contributed by atoms with van der Waals surface area (Å²) in [5.41, 5.74) is 0. The topological polar surface area (TPSA) is 58.2 Å². The summed E-state index contributed by atoms with van der Waals surface area (Å²) in [6.07, 6.45) is 0. The smallest absolute Gasteiger partial charge is 0.217 e. The molecule has 1 amide bonds. The quantitative estimate of drug-likeness (QED) is 0.512. The van der Waals surface area contributed by atoms with Gasteiger partial charge < -0.3 is 10.6 Å². The van der Waals surface area contributed by atoms with Gasteiger partial charge in [0.25, 0.3) is 0 Å². The molecule has 0 radical (unpaired) electrons. The second kappa shape index (κ2) is 8.53. The summed E-state index contributed by atoms with van der Waals surface area (Å²) in [5.74, 6) is 1.47. The number of ketones is 1. The Balaban J connectivity index is 4.11. The van der Waals surface area contributed by atoms with Crippen molar-refractivity contribution in [1.82, 2.24) is 10.6 Å². The molecule has 17 heavy (non-hydrogen) atoms. The molecule has 0 saturated carbocycles. The number of amides is 1. The summed E-state index contributed by atoms with van der Waals surface area (Å²) in [4.78, 5) is 22.6. The minimum Gasteiger partial charge on any atom is -0.347 e. The van der Waals surface area contributed by atoms with Crippen LogP contribution in [0, 0.1) is 5.92 Å². The van der Waals surface area contributed by atoms with Crippen LogP contribution in [0.1, 0.15) is 34.6 Å². The Morgan fingerprint density at radius 2 is 1.76 bits per heavy atom. The van der Waals surface area contributed by atoms with Crippen molar-refractivity contribution in [2.75, 3.05) is 11.6 Å². The highest BCUT2D eigenvalue weighted by atomic mass is 32.2. The molecule has 0 aromatic rings. The zero-order valence-corrected chi connectivity index (χ0v) is 12.2. The zero-order valence-electron chi connectivity index (χ0n) is 11.4. The van der Waals surface area contributed by atoms with E-state index in [1.54, 1.807) is 11.8 Å². The Kier molecular flexibility index (Phi) is 8.25. The molecular formula is C12H24N2O2S.